The van der Waals surface area contributed by atoms with Crippen LogP contribution in [0.25, 0.3) is 11.1 Å². The molecule has 0 aliphatic heterocycles. The van der Waals surface area contributed by atoms with Crippen LogP contribution in [0.3, 0.4) is 0 Å². The summed E-state index contributed by atoms with van der Waals surface area (Å²) in [5.41, 5.74) is 2.63. The fourth-order valence-corrected chi connectivity index (χ4v) is 1.68. The topological polar surface area (TPSA) is 39.9 Å². The molecule has 0 fully saturated rings. The molecule has 0 bridgehead atoms. The third kappa shape index (κ3) is 2.26. The molecule has 3 nitrogen and oxygen atoms in total. The number of rotatable bonds is 2. The molecular weight excluding hydrogens is 210 g/mol. The Labute approximate surface area is 101 Å². The number of pyridine rings is 1. The van der Waals surface area contributed by atoms with Gasteiger partial charge in [0.15, 0.2) is 0 Å². The number of hydrogen-bond donors (Lipinski definition) is 0. The maximum Gasteiger partial charge on any atom is 0.146 e. The van der Waals surface area contributed by atoms with Crippen LogP contribution in [0.1, 0.15) is 5.56 Å². The van der Waals surface area contributed by atoms with Crippen molar-refractivity contribution in [3.05, 3.63) is 48.2 Å². The molecule has 0 aliphatic rings. The zero-order valence-corrected chi connectivity index (χ0v) is 9.88. The predicted molar refractivity (Wildman–Crippen MR) is 68.7 cm³/mol. The first-order valence-electron chi connectivity index (χ1n) is 5.35. The number of nitrogens with zero attached hydrogens (tertiary/aromatic N) is 3. The summed E-state index contributed by atoms with van der Waals surface area (Å²) in [5.74, 6) is 0.701. The van der Waals surface area contributed by atoms with Crippen LogP contribution in [0.4, 0.5) is 5.82 Å². The van der Waals surface area contributed by atoms with Crippen LogP contribution in [0.2, 0.25) is 0 Å². The van der Waals surface area contributed by atoms with Gasteiger partial charge in [-0.3, -0.25) is 0 Å². The molecule has 3 heteroatoms. The second-order valence-corrected chi connectivity index (χ2v) is 3.97. The largest absolute Gasteiger partial charge is 0.362 e. The Kier molecular flexibility index (Phi) is 3.06. The second kappa shape index (κ2) is 4.67. The standard InChI is InChI=1S/C14H13N3/c1-17(2)14-12(9-15)8-13(10-16-14)11-6-4-3-5-7-11/h3-8,10H,1-2H3. The first kappa shape index (κ1) is 11.2. The Bertz CT molecular complexity index is 553. The first-order chi connectivity index (χ1) is 8.22. The number of anilines is 1. The molecule has 2 rings (SSSR count). The van der Waals surface area contributed by atoms with Crippen molar-refractivity contribution in [3.8, 4) is 17.2 Å². The third-order valence-corrected chi connectivity index (χ3v) is 2.52. The van der Waals surface area contributed by atoms with E-state index in [0.29, 0.717) is 11.4 Å². The van der Waals surface area contributed by atoms with E-state index in [1.165, 1.54) is 0 Å². The molecule has 0 saturated carbocycles. The lowest BCUT2D eigenvalue weighted by Gasteiger charge is -2.13. The average Bonchev–Trinajstić information content (AvgIpc) is 2.39. The van der Waals surface area contributed by atoms with Gasteiger partial charge in [-0.1, -0.05) is 30.3 Å². The Hall–Kier alpha value is -2.34. The molecule has 0 amide bonds. The lowest BCUT2D eigenvalue weighted by molar-refractivity contribution is 1.06. The van der Waals surface area contributed by atoms with Crippen LogP contribution in [0.5, 0.6) is 0 Å². The lowest BCUT2D eigenvalue weighted by Crippen LogP contribution is -2.12. The van der Waals surface area contributed by atoms with Gasteiger partial charge in [0, 0.05) is 25.9 Å². The van der Waals surface area contributed by atoms with Crippen molar-refractivity contribution in [1.82, 2.24) is 4.98 Å². The molecule has 84 valence electrons. The van der Waals surface area contributed by atoms with Crippen LogP contribution < -0.4 is 4.90 Å². The molecule has 17 heavy (non-hydrogen) atoms. The molecule has 0 radical (unpaired) electrons. The molecule has 2 aromatic rings. The highest BCUT2D eigenvalue weighted by molar-refractivity contribution is 5.67. The maximum atomic E-state index is 9.12. The Balaban J connectivity index is 2.50. The second-order valence-electron chi connectivity index (χ2n) is 3.97. The minimum absolute atomic E-state index is 0.594. The minimum Gasteiger partial charge on any atom is -0.362 e. The zero-order chi connectivity index (χ0) is 12.3. The lowest BCUT2D eigenvalue weighted by atomic mass is 10.1. The number of aromatic nitrogens is 1. The van der Waals surface area contributed by atoms with Crippen LogP contribution in [0.15, 0.2) is 42.6 Å². The van der Waals surface area contributed by atoms with Crippen molar-refractivity contribution in [2.24, 2.45) is 0 Å². The van der Waals surface area contributed by atoms with E-state index in [9.17, 15) is 0 Å². The van der Waals surface area contributed by atoms with E-state index in [1.807, 2.05) is 55.4 Å². The molecule has 0 N–H and O–H groups in total. The van der Waals surface area contributed by atoms with E-state index >= 15 is 0 Å². The summed E-state index contributed by atoms with van der Waals surface area (Å²) in [5, 5.41) is 9.12. The molecule has 0 spiro atoms. The smallest absolute Gasteiger partial charge is 0.146 e. The quantitative estimate of drug-likeness (QED) is 0.785. The summed E-state index contributed by atoms with van der Waals surface area (Å²) in [6.45, 7) is 0. The Morgan fingerprint density at radius 3 is 2.41 bits per heavy atom. The van der Waals surface area contributed by atoms with Gasteiger partial charge < -0.3 is 4.90 Å². The molecule has 1 aromatic heterocycles. The number of hydrogen-bond acceptors (Lipinski definition) is 3. The zero-order valence-electron chi connectivity index (χ0n) is 9.88. The van der Waals surface area contributed by atoms with E-state index in [0.717, 1.165) is 11.1 Å². The van der Waals surface area contributed by atoms with Gasteiger partial charge in [0.2, 0.25) is 0 Å². The molecule has 1 heterocycles. The third-order valence-electron chi connectivity index (χ3n) is 2.52. The van der Waals surface area contributed by atoms with Crippen molar-refractivity contribution < 1.29 is 0 Å². The molecule has 0 saturated heterocycles. The average molecular weight is 223 g/mol. The van der Waals surface area contributed by atoms with E-state index in [2.05, 4.69) is 11.1 Å². The van der Waals surface area contributed by atoms with Crippen molar-refractivity contribution >= 4 is 5.82 Å². The highest BCUT2D eigenvalue weighted by Gasteiger charge is 2.07. The Morgan fingerprint density at radius 2 is 1.82 bits per heavy atom. The van der Waals surface area contributed by atoms with Gasteiger partial charge in [-0.25, -0.2) is 4.98 Å². The molecular formula is C14H13N3. The maximum absolute atomic E-state index is 9.12. The van der Waals surface area contributed by atoms with Crippen LogP contribution in [-0.4, -0.2) is 19.1 Å². The summed E-state index contributed by atoms with van der Waals surface area (Å²) in [6, 6.07) is 14.0. The van der Waals surface area contributed by atoms with Gasteiger partial charge in [0.25, 0.3) is 0 Å². The minimum atomic E-state index is 0.594. The number of benzene rings is 1. The first-order valence-corrected chi connectivity index (χ1v) is 5.35. The van der Waals surface area contributed by atoms with Crippen LogP contribution in [0, 0.1) is 11.3 Å². The predicted octanol–water partition coefficient (Wildman–Crippen LogP) is 2.69. The fourth-order valence-electron chi connectivity index (χ4n) is 1.68. The highest BCUT2D eigenvalue weighted by Crippen LogP contribution is 2.23. The van der Waals surface area contributed by atoms with Gasteiger partial charge in [-0.2, -0.15) is 5.26 Å². The van der Waals surface area contributed by atoms with Gasteiger partial charge >= 0.3 is 0 Å². The van der Waals surface area contributed by atoms with Crippen LogP contribution in [-0.2, 0) is 0 Å². The molecule has 0 unspecified atom stereocenters. The summed E-state index contributed by atoms with van der Waals surface area (Å²) < 4.78 is 0. The van der Waals surface area contributed by atoms with Crippen molar-refractivity contribution in [2.75, 3.05) is 19.0 Å². The van der Waals surface area contributed by atoms with Crippen molar-refractivity contribution in [3.63, 3.8) is 0 Å². The summed E-state index contributed by atoms with van der Waals surface area (Å²) >= 11 is 0. The molecule has 0 aliphatic carbocycles. The monoisotopic (exact) mass is 223 g/mol. The van der Waals surface area contributed by atoms with Crippen molar-refractivity contribution in [2.45, 2.75) is 0 Å². The van der Waals surface area contributed by atoms with Gasteiger partial charge in [-0.15, -0.1) is 0 Å². The van der Waals surface area contributed by atoms with E-state index in [-0.39, 0.29) is 0 Å². The van der Waals surface area contributed by atoms with Gasteiger partial charge in [0.05, 0.1) is 5.56 Å². The normalized spacial score (nSPS) is 9.71. The summed E-state index contributed by atoms with van der Waals surface area (Å²) in [6.07, 6.45) is 1.80. The van der Waals surface area contributed by atoms with E-state index in [4.69, 9.17) is 5.26 Å². The molecule has 0 atom stereocenters. The SMILES string of the molecule is CN(C)c1ncc(-c2ccccc2)cc1C#N. The fraction of sp³-hybridized carbons (Fsp3) is 0.143. The van der Waals surface area contributed by atoms with E-state index < -0.39 is 0 Å². The summed E-state index contributed by atoms with van der Waals surface area (Å²) in [7, 11) is 3.76. The molecule has 1 aromatic carbocycles. The van der Waals surface area contributed by atoms with E-state index in [1.54, 1.807) is 6.20 Å². The number of nitriles is 1. The summed E-state index contributed by atoms with van der Waals surface area (Å²) in [4.78, 5) is 6.17. The Morgan fingerprint density at radius 1 is 1.12 bits per heavy atom. The van der Waals surface area contributed by atoms with Gasteiger partial charge in [0.1, 0.15) is 11.9 Å². The van der Waals surface area contributed by atoms with Crippen LogP contribution >= 0.6 is 0 Å². The highest BCUT2D eigenvalue weighted by atomic mass is 15.1. The van der Waals surface area contributed by atoms with Crippen molar-refractivity contribution in [1.29, 1.82) is 5.26 Å². The van der Waals surface area contributed by atoms with Gasteiger partial charge in [-0.05, 0) is 11.6 Å².